The molecule has 0 nitrogen and oxygen atoms in total. The lowest BCUT2D eigenvalue weighted by Crippen LogP contribution is -2.25. The minimum absolute atomic E-state index is 0.844. The zero-order chi connectivity index (χ0) is 14.7. The molecule has 2 unspecified atom stereocenters. The van der Waals surface area contributed by atoms with E-state index in [9.17, 15) is 0 Å². The van der Waals surface area contributed by atoms with E-state index < -0.39 is 0 Å². The van der Waals surface area contributed by atoms with Crippen LogP contribution in [0.4, 0.5) is 0 Å². The first kappa shape index (κ1) is 12.9. The van der Waals surface area contributed by atoms with Gasteiger partial charge < -0.3 is 0 Å². The van der Waals surface area contributed by atoms with Gasteiger partial charge in [0.05, 0.1) is 0 Å². The lowest BCUT2D eigenvalue weighted by molar-refractivity contribution is 0.166. The van der Waals surface area contributed by atoms with Crippen LogP contribution in [0.25, 0.3) is 11.1 Å². The molecule has 4 aliphatic rings. The van der Waals surface area contributed by atoms with Crippen molar-refractivity contribution in [2.75, 3.05) is 0 Å². The first-order chi connectivity index (χ1) is 10.8. The van der Waals surface area contributed by atoms with Crippen molar-refractivity contribution < 1.29 is 0 Å². The van der Waals surface area contributed by atoms with E-state index in [0.717, 1.165) is 23.7 Å². The first-order valence-corrected chi connectivity index (χ1v) is 8.97. The fraction of sp³-hybridized carbons (Fsp3) is 0.455. The van der Waals surface area contributed by atoms with Crippen LogP contribution in [-0.4, -0.2) is 0 Å². The van der Waals surface area contributed by atoms with Crippen LogP contribution in [0.5, 0.6) is 0 Å². The molecule has 0 saturated heterocycles. The minimum Gasteiger partial charge on any atom is -0.0587 e. The van der Waals surface area contributed by atoms with Crippen LogP contribution in [0, 0.1) is 18.8 Å². The molecular formula is C22H24. The van der Waals surface area contributed by atoms with Crippen molar-refractivity contribution in [2.45, 2.75) is 50.9 Å². The number of benzene rings is 2. The van der Waals surface area contributed by atoms with Gasteiger partial charge in [0.15, 0.2) is 0 Å². The molecule has 22 heavy (non-hydrogen) atoms. The van der Waals surface area contributed by atoms with Gasteiger partial charge in [-0.25, -0.2) is 0 Å². The number of aryl methyl sites for hydroxylation is 1. The molecule has 112 valence electrons. The van der Waals surface area contributed by atoms with E-state index in [1.165, 1.54) is 48.8 Å². The topological polar surface area (TPSA) is 0 Å². The Balaban J connectivity index is 1.61. The summed E-state index contributed by atoms with van der Waals surface area (Å²) in [6, 6.07) is 16.4. The van der Waals surface area contributed by atoms with E-state index in [1.807, 2.05) is 0 Å². The van der Waals surface area contributed by atoms with Gasteiger partial charge in [-0.1, -0.05) is 48.0 Å². The van der Waals surface area contributed by atoms with Crippen LogP contribution >= 0.6 is 0 Å². The third-order valence-electron chi connectivity index (χ3n) is 6.49. The molecule has 2 saturated carbocycles. The smallest absolute Gasteiger partial charge is 0.0154 e. The maximum atomic E-state index is 2.54. The van der Waals surface area contributed by atoms with E-state index >= 15 is 0 Å². The summed E-state index contributed by atoms with van der Waals surface area (Å²) < 4.78 is 0. The fourth-order valence-corrected chi connectivity index (χ4v) is 5.58. The lowest BCUT2D eigenvalue weighted by atomic mass is 9.67. The molecule has 0 aliphatic heterocycles. The third-order valence-corrected chi connectivity index (χ3v) is 6.49. The fourth-order valence-electron chi connectivity index (χ4n) is 5.58. The maximum Gasteiger partial charge on any atom is -0.0154 e. The molecule has 0 spiro atoms. The van der Waals surface area contributed by atoms with E-state index in [0.29, 0.717) is 0 Å². The summed E-state index contributed by atoms with van der Waals surface area (Å²) in [5, 5.41) is 0. The normalized spacial score (nSPS) is 31.9. The highest BCUT2D eigenvalue weighted by Gasteiger charge is 2.41. The van der Waals surface area contributed by atoms with Crippen molar-refractivity contribution in [1.29, 1.82) is 0 Å². The van der Waals surface area contributed by atoms with Gasteiger partial charge in [0, 0.05) is 0 Å². The second-order valence-electron chi connectivity index (χ2n) is 8.01. The molecule has 0 aromatic heterocycles. The number of hydrogen-bond donors (Lipinski definition) is 0. The second-order valence-corrected chi connectivity index (χ2v) is 8.01. The third kappa shape index (κ3) is 1.96. The van der Waals surface area contributed by atoms with Gasteiger partial charge in [-0.15, -0.1) is 0 Å². The summed E-state index contributed by atoms with van der Waals surface area (Å²) in [5.74, 6) is 3.73. The second kappa shape index (κ2) is 4.72. The Kier molecular flexibility index (Phi) is 2.77. The van der Waals surface area contributed by atoms with E-state index in [4.69, 9.17) is 0 Å². The van der Waals surface area contributed by atoms with Crippen molar-refractivity contribution in [2.24, 2.45) is 11.8 Å². The Morgan fingerprint density at radius 1 is 0.636 bits per heavy atom. The molecule has 4 aliphatic carbocycles. The summed E-state index contributed by atoms with van der Waals surface area (Å²) >= 11 is 0. The summed E-state index contributed by atoms with van der Waals surface area (Å²) in [7, 11) is 0. The standard InChI is InChI=1S/C22H24/c1-14-2-4-17(5-3-14)18-6-7-21-19-9-15-8-16(10-19)12-20(11-15)22(21)13-18/h2-7,13,15-16,19-20H,8-12H2,1H3. The Morgan fingerprint density at radius 2 is 1.23 bits per heavy atom. The Bertz CT molecular complexity index is 695. The zero-order valence-electron chi connectivity index (χ0n) is 13.4. The van der Waals surface area contributed by atoms with Gasteiger partial charge in [-0.05, 0) is 85.0 Å². The van der Waals surface area contributed by atoms with Crippen molar-refractivity contribution in [1.82, 2.24) is 0 Å². The average Bonchev–Trinajstić information content (AvgIpc) is 2.69. The Hall–Kier alpha value is -1.56. The van der Waals surface area contributed by atoms with Gasteiger partial charge in [-0.3, -0.25) is 0 Å². The van der Waals surface area contributed by atoms with Gasteiger partial charge in [0.1, 0.15) is 0 Å². The van der Waals surface area contributed by atoms with E-state index in [1.54, 1.807) is 11.1 Å². The Labute approximate surface area is 133 Å². The molecule has 0 heterocycles. The van der Waals surface area contributed by atoms with Crippen LogP contribution in [0.1, 0.15) is 60.6 Å². The highest BCUT2D eigenvalue weighted by molar-refractivity contribution is 5.66. The molecule has 4 bridgehead atoms. The SMILES string of the molecule is Cc1ccc(-c2ccc3c(c2)C2CC4CC(CC3C4)C2)cc1. The maximum absolute atomic E-state index is 2.54. The first-order valence-electron chi connectivity index (χ1n) is 8.97. The molecule has 2 fully saturated rings. The predicted octanol–water partition coefficient (Wildman–Crippen LogP) is 6.05. The molecule has 6 rings (SSSR count). The quantitative estimate of drug-likeness (QED) is 0.599. The van der Waals surface area contributed by atoms with Crippen molar-refractivity contribution in [3.63, 3.8) is 0 Å². The minimum atomic E-state index is 0.844. The largest absolute Gasteiger partial charge is 0.0587 e. The monoisotopic (exact) mass is 288 g/mol. The number of hydrogen-bond acceptors (Lipinski definition) is 0. The van der Waals surface area contributed by atoms with Gasteiger partial charge in [-0.2, -0.15) is 0 Å². The number of rotatable bonds is 1. The molecule has 2 aromatic carbocycles. The molecule has 0 radical (unpaired) electrons. The Morgan fingerprint density at radius 3 is 1.91 bits per heavy atom. The van der Waals surface area contributed by atoms with Crippen LogP contribution in [0.3, 0.4) is 0 Å². The summed E-state index contributed by atoms with van der Waals surface area (Å²) in [6.07, 6.45) is 7.36. The highest BCUT2D eigenvalue weighted by atomic mass is 14.5. The summed E-state index contributed by atoms with van der Waals surface area (Å²) in [4.78, 5) is 0. The molecule has 2 atom stereocenters. The van der Waals surface area contributed by atoms with Crippen LogP contribution in [-0.2, 0) is 0 Å². The molecule has 0 amide bonds. The molecule has 0 N–H and O–H groups in total. The van der Waals surface area contributed by atoms with Gasteiger partial charge >= 0.3 is 0 Å². The molecular weight excluding hydrogens is 264 g/mol. The summed E-state index contributed by atoms with van der Waals surface area (Å²) in [6.45, 7) is 2.16. The average molecular weight is 288 g/mol. The van der Waals surface area contributed by atoms with Crippen LogP contribution < -0.4 is 0 Å². The van der Waals surface area contributed by atoms with Gasteiger partial charge in [0.25, 0.3) is 0 Å². The van der Waals surface area contributed by atoms with Crippen LogP contribution in [0.2, 0.25) is 0 Å². The van der Waals surface area contributed by atoms with Crippen molar-refractivity contribution in [3.05, 3.63) is 59.2 Å². The lowest BCUT2D eigenvalue weighted by Gasteiger charge is -2.38. The zero-order valence-corrected chi connectivity index (χ0v) is 13.4. The highest BCUT2D eigenvalue weighted by Crippen LogP contribution is 2.56. The van der Waals surface area contributed by atoms with Gasteiger partial charge in [0.2, 0.25) is 0 Å². The van der Waals surface area contributed by atoms with E-state index in [-0.39, 0.29) is 0 Å². The van der Waals surface area contributed by atoms with Crippen LogP contribution in [0.15, 0.2) is 42.5 Å². The predicted molar refractivity (Wildman–Crippen MR) is 92.2 cm³/mol. The van der Waals surface area contributed by atoms with Crippen molar-refractivity contribution in [3.8, 4) is 11.1 Å². The summed E-state index contributed by atoms with van der Waals surface area (Å²) in [5.41, 5.74) is 7.53. The molecule has 0 heteroatoms. The van der Waals surface area contributed by atoms with E-state index in [2.05, 4.69) is 49.4 Å². The van der Waals surface area contributed by atoms with Crippen molar-refractivity contribution >= 4 is 0 Å². The molecule has 2 aromatic rings.